The Kier molecular flexibility index (Phi) is 5.88. The Morgan fingerprint density at radius 1 is 1.23 bits per heavy atom. The first-order valence-electron chi connectivity index (χ1n) is 7.66. The number of anilines is 1. The van der Waals surface area contributed by atoms with Crippen LogP contribution in [-0.4, -0.2) is 64.1 Å². The van der Waals surface area contributed by atoms with Crippen LogP contribution < -0.4 is 10.6 Å². The van der Waals surface area contributed by atoms with Crippen LogP contribution >= 0.6 is 11.8 Å². The topological polar surface area (TPSA) is 70.6 Å². The van der Waals surface area contributed by atoms with Gasteiger partial charge in [0.2, 0.25) is 5.95 Å². The van der Waals surface area contributed by atoms with Crippen LogP contribution in [0.25, 0.3) is 0 Å². The number of nitrogens with zero attached hydrogens (tertiary/aromatic N) is 5. The molecule has 0 atom stereocenters. The van der Waals surface area contributed by atoms with Gasteiger partial charge in [-0.25, -0.2) is 9.97 Å². The van der Waals surface area contributed by atoms with Gasteiger partial charge < -0.3 is 15.5 Å². The third-order valence-corrected chi connectivity index (χ3v) is 4.59. The second-order valence-electron chi connectivity index (χ2n) is 6.22. The van der Waals surface area contributed by atoms with Crippen molar-refractivity contribution in [2.45, 2.75) is 25.5 Å². The van der Waals surface area contributed by atoms with Crippen LogP contribution in [0, 0.1) is 0 Å². The quantitative estimate of drug-likeness (QED) is 0.514. The highest BCUT2D eigenvalue weighted by Crippen LogP contribution is 2.22. The van der Waals surface area contributed by atoms with Gasteiger partial charge >= 0.3 is 0 Å². The van der Waals surface area contributed by atoms with E-state index in [9.17, 15) is 0 Å². The molecule has 2 rings (SSSR count). The van der Waals surface area contributed by atoms with E-state index < -0.39 is 0 Å². The summed E-state index contributed by atoms with van der Waals surface area (Å²) in [6.07, 6.45) is 3.55. The minimum Gasteiger partial charge on any atom is -0.370 e. The maximum atomic E-state index is 6.10. The lowest BCUT2D eigenvalue weighted by Crippen LogP contribution is -2.51. The summed E-state index contributed by atoms with van der Waals surface area (Å²) in [5.74, 6) is 2.45. The Morgan fingerprint density at radius 2 is 1.86 bits per heavy atom. The van der Waals surface area contributed by atoms with Crippen molar-refractivity contribution in [2.24, 2.45) is 10.7 Å². The number of nitrogens with two attached hydrogens (primary N) is 1. The number of aliphatic imine (C=N–C) groups is 1. The van der Waals surface area contributed by atoms with Crippen molar-refractivity contribution in [2.75, 3.05) is 43.4 Å². The third-order valence-electron chi connectivity index (χ3n) is 3.34. The molecule has 1 fully saturated rings. The largest absolute Gasteiger partial charge is 0.370 e. The van der Waals surface area contributed by atoms with E-state index in [1.807, 2.05) is 17.8 Å². The number of hydrogen-bond donors (Lipinski definition) is 1. The average molecular weight is 322 g/mol. The van der Waals surface area contributed by atoms with E-state index in [2.05, 4.69) is 45.5 Å². The number of rotatable bonds is 4. The maximum absolute atomic E-state index is 6.10. The Morgan fingerprint density at radius 3 is 2.45 bits per heavy atom. The van der Waals surface area contributed by atoms with Gasteiger partial charge in [-0.15, -0.1) is 0 Å². The normalized spacial score (nSPS) is 17.0. The molecule has 1 saturated heterocycles. The second-order valence-corrected chi connectivity index (χ2v) is 8.15. The monoisotopic (exact) mass is 322 g/mol. The van der Waals surface area contributed by atoms with E-state index in [-0.39, 0.29) is 4.75 Å². The van der Waals surface area contributed by atoms with Gasteiger partial charge in [0.15, 0.2) is 5.96 Å². The second kappa shape index (κ2) is 7.67. The molecule has 7 heteroatoms. The molecular formula is C15H26N6S. The van der Waals surface area contributed by atoms with Crippen molar-refractivity contribution in [3.05, 3.63) is 18.5 Å². The summed E-state index contributed by atoms with van der Waals surface area (Å²) < 4.78 is 0.283. The number of thioether (sulfide) groups is 1. The molecule has 1 aliphatic heterocycles. The van der Waals surface area contributed by atoms with Gasteiger partial charge in [-0.1, -0.05) is 20.8 Å². The lowest BCUT2D eigenvalue weighted by molar-refractivity contribution is 0.378. The van der Waals surface area contributed by atoms with E-state index in [4.69, 9.17) is 5.73 Å². The van der Waals surface area contributed by atoms with Crippen LogP contribution in [0.2, 0.25) is 0 Å². The summed E-state index contributed by atoms with van der Waals surface area (Å²) >= 11 is 1.91. The van der Waals surface area contributed by atoms with Crippen molar-refractivity contribution in [1.82, 2.24) is 14.9 Å². The molecule has 2 N–H and O–H groups in total. The van der Waals surface area contributed by atoms with E-state index in [0.29, 0.717) is 5.96 Å². The van der Waals surface area contributed by atoms with Gasteiger partial charge in [-0.3, -0.25) is 4.99 Å². The molecule has 1 aliphatic rings. The average Bonchev–Trinajstić information content (AvgIpc) is 2.51. The lowest BCUT2D eigenvalue weighted by Gasteiger charge is -2.35. The van der Waals surface area contributed by atoms with Crippen LogP contribution in [0.3, 0.4) is 0 Å². The van der Waals surface area contributed by atoms with Gasteiger partial charge in [0.1, 0.15) is 0 Å². The number of piperazine rings is 1. The molecule has 2 heterocycles. The molecule has 0 bridgehead atoms. The van der Waals surface area contributed by atoms with Crippen LogP contribution in [0.15, 0.2) is 23.5 Å². The van der Waals surface area contributed by atoms with Gasteiger partial charge in [0.25, 0.3) is 0 Å². The molecule has 0 aromatic carbocycles. The van der Waals surface area contributed by atoms with Crippen LogP contribution in [0.4, 0.5) is 5.95 Å². The van der Waals surface area contributed by atoms with Crippen LogP contribution in [-0.2, 0) is 0 Å². The number of hydrogen-bond acceptors (Lipinski definition) is 5. The number of guanidine groups is 1. The van der Waals surface area contributed by atoms with Crippen molar-refractivity contribution < 1.29 is 0 Å². The Balaban J connectivity index is 1.76. The Bertz CT molecular complexity index is 477. The van der Waals surface area contributed by atoms with Crippen molar-refractivity contribution in [3.8, 4) is 0 Å². The molecule has 0 amide bonds. The van der Waals surface area contributed by atoms with Gasteiger partial charge in [0.05, 0.1) is 6.54 Å². The zero-order valence-corrected chi connectivity index (χ0v) is 14.5. The summed E-state index contributed by atoms with van der Waals surface area (Å²) in [4.78, 5) is 17.4. The number of aromatic nitrogens is 2. The SMILES string of the molecule is CC(C)(C)SCCN=C(N)N1CCN(c2ncccn2)CC1. The summed E-state index contributed by atoms with van der Waals surface area (Å²) in [6, 6.07) is 1.83. The molecule has 22 heavy (non-hydrogen) atoms. The summed E-state index contributed by atoms with van der Waals surface area (Å²) in [5.41, 5.74) is 6.10. The highest BCUT2D eigenvalue weighted by Gasteiger charge is 2.19. The van der Waals surface area contributed by atoms with Crippen LogP contribution in [0.5, 0.6) is 0 Å². The molecular weight excluding hydrogens is 296 g/mol. The molecule has 0 unspecified atom stereocenters. The zero-order chi connectivity index (χ0) is 16.0. The first kappa shape index (κ1) is 16.9. The lowest BCUT2D eigenvalue weighted by atomic mass is 10.3. The zero-order valence-electron chi connectivity index (χ0n) is 13.7. The molecule has 0 radical (unpaired) electrons. The van der Waals surface area contributed by atoms with E-state index in [1.165, 1.54) is 0 Å². The molecule has 6 nitrogen and oxygen atoms in total. The van der Waals surface area contributed by atoms with Gasteiger partial charge in [0, 0.05) is 49.1 Å². The first-order valence-corrected chi connectivity index (χ1v) is 8.65. The maximum Gasteiger partial charge on any atom is 0.225 e. The fourth-order valence-corrected chi connectivity index (χ4v) is 3.00. The van der Waals surface area contributed by atoms with Crippen molar-refractivity contribution in [1.29, 1.82) is 0 Å². The highest BCUT2D eigenvalue weighted by atomic mass is 32.2. The summed E-state index contributed by atoms with van der Waals surface area (Å²) in [7, 11) is 0. The third kappa shape index (κ3) is 5.36. The highest BCUT2D eigenvalue weighted by molar-refractivity contribution is 8.00. The van der Waals surface area contributed by atoms with Crippen LogP contribution in [0.1, 0.15) is 20.8 Å². The van der Waals surface area contributed by atoms with Crippen molar-refractivity contribution in [3.63, 3.8) is 0 Å². The Hall–Kier alpha value is -1.50. The predicted molar refractivity (Wildman–Crippen MR) is 94.5 cm³/mol. The summed E-state index contributed by atoms with van der Waals surface area (Å²) in [6.45, 7) is 10.9. The smallest absolute Gasteiger partial charge is 0.225 e. The van der Waals surface area contributed by atoms with E-state index in [0.717, 1.165) is 44.4 Å². The Labute approximate surface area is 137 Å². The molecule has 122 valence electrons. The fourth-order valence-electron chi connectivity index (χ4n) is 2.20. The van der Waals surface area contributed by atoms with E-state index >= 15 is 0 Å². The first-order chi connectivity index (χ1) is 10.5. The molecule has 1 aromatic rings. The van der Waals surface area contributed by atoms with Gasteiger partial charge in [-0.2, -0.15) is 11.8 Å². The predicted octanol–water partition coefficient (Wildman–Crippen LogP) is 1.44. The minimum absolute atomic E-state index is 0.283. The standard InChI is InChI=1S/C15H26N6S/c1-15(2,3)22-12-7-17-13(16)20-8-10-21(11-9-20)14-18-5-4-6-19-14/h4-6H,7-12H2,1-3H3,(H2,16,17). The van der Waals surface area contributed by atoms with Gasteiger partial charge in [-0.05, 0) is 6.07 Å². The van der Waals surface area contributed by atoms with Crippen molar-refractivity contribution >= 4 is 23.7 Å². The molecule has 0 spiro atoms. The molecule has 1 aromatic heterocycles. The summed E-state index contributed by atoms with van der Waals surface area (Å²) in [5, 5.41) is 0. The van der Waals surface area contributed by atoms with E-state index in [1.54, 1.807) is 12.4 Å². The fraction of sp³-hybridized carbons (Fsp3) is 0.667. The minimum atomic E-state index is 0.283. The molecule has 0 aliphatic carbocycles. The molecule has 0 saturated carbocycles.